The molecule has 2 amide bonds. The molecule has 2 heterocycles. The Labute approximate surface area is 167 Å². The van der Waals surface area contributed by atoms with Crippen LogP contribution >= 0.6 is 27.7 Å². The van der Waals surface area contributed by atoms with Gasteiger partial charge in [0.15, 0.2) is 5.78 Å². The summed E-state index contributed by atoms with van der Waals surface area (Å²) in [6.07, 6.45) is 4.02. The van der Waals surface area contributed by atoms with Crippen molar-refractivity contribution in [2.24, 2.45) is 0 Å². The number of hydrogen-bond acceptors (Lipinski definition) is 6. The molecule has 1 aromatic rings. The first kappa shape index (κ1) is 19.6. The van der Waals surface area contributed by atoms with Gasteiger partial charge in [-0.2, -0.15) is 0 Å². The molecule has 0 spiro atoms. The summed E-state index contributed by atoms with van der Waals surface area (Å²) in [6.45, 7) is 0. The highest BCUT2D eigenvalue weighted by molar-refractivity contribution is 9.09. The van der Waals surface area contributed by atoms with Crippen molar-refractivity contribution in [3.8, 4) is 0 Å². The summed E-state index contributed by atoms with van der Waals surface area (Å²) in [5.74, 6) is -0.903. The number of rotatable bonds is 7. The smallest absolute Gasteiger partial charge is 0.269 e. The molecule has 2 aliphatic heterocycles. The number of nitro benzene ring substituents is 1. The predicted molar refractivity (Wildman–Crippen MR) is 103 cm³/mol. The second-order valence-electron chi connectivity index (χ2n) is 6.17. The monoisotopic (exact) mass is 453 g/mol. The topological polar surface area (TPSA) is 110 Å². The third-order valence-electron chi connectivity index (χ3n) is 4.26. The number of Topliss-reactive ketones (excluding diaryl/α,β-unsaturated/α-hetero) is 1. The van der Waals surface area contributed by atoms with Crippen LogP contribution in [0.4, 0.5) is 5.69 Å². The lowest BCUT2D eigenvalue weighted by Gasteiger charge is -2.48. The van der Waals surface area contributed by atoms with Crippen molar-refractivity contribution < 1.29 is 19.3 Å². The van der Waals surface area contributed by atoms with E-state index in [0.29, 0.717) is 6.42 Å². The minimum Gasteiger partial charge on any atom is -0.341 e. The van der Waals surface area contributed by atoms with Gasteiger partial charge in [-0.15, -0.1) is 11.8 Å². The van der Waals surface area contributed by atoms with Crippen LogP contribution in [-0.4, -0.2) is 49.4 Å². The lowest BCUT2D eigenvalue weighted by molar-refractivity contribution is -0.384. The minimum atomic E-state index is -0.644. The SMILES string of the molecule is O=C(CBr)CC(=O)NC1C(=O)N2C=CC(Cc3ccc([N+](=O)[O-])cc3)S[C@H]12. The van der Waals surface area contributed by atoms with E-state index in [-0.39, 0.29) is 39.8 Å². The summed E-state index contributed by atoms with van der Waals surface area (Å²) < 4.78 is 0. The van der Waals surface area contributed by atoms with E-state index < -0.39 is 16.9 Å². The van der Waals surface area contributed by atoms with Crippen molar-refractivity contribution in [2.45, 2.75) is 29.5 Å². The van der Waals surface area contributed by atoms with Crippen LogP contribution in [0.5, 0.6) is 0 Å². The standard InChI is InChI=1S/C17H16BrN3O5S/c18-9-12(22)8-14(23)19-15-16(24)20-6-5-13(27-17(15)20)7-10-1-3-11(4-2-10)21(25)26/h1-6,13,15,17H,7-9H2,(H,19,23)/t13?,15?,17-/m1/s1. The molecule has 8 nitrogen and oxygen atoms in total. The zero-order chi connectivity index (χ0) is 19.6. The van der Waals surface area contributed by atoms with Crippen molar-refractivity contribution in [1.82, 2.24) is 10.2 Å². The molecule has 3 atom stereocenters. The van der Waals surface area contributed by atoms with Gasteiger partial charge in [-0.1, -0.05) is 34.1 Å². The summed E-state index contributed by atoms with van der Waals surface area (Å²) in [7, 11) is 0. The van der Waals surface area contributed by atoms with Gasteiger partial charge in [0.1, 0.15) is 11.4 Å². The third-order valence-corrected chi connectivity index (χ3v) is 6.34. The molecule has 2 unspecified atom stereocenters. The maximum Gasteiger partial charge on any atom is 0.269 e. The largest absolute Gasteiger partial charge is 0.341 e. The van der Waals surface area contributed by atoms with E-state index in [4.69, 9.17) is 0 Å². The van der Waals surface area contributed by atoms with E-state index in [0.717, 1.165) is 5.56 Å². The van der Waals surface area contributed by atoms with E-state index in [9.17, 15) is 24.5 Å². The number of benzene rings is 1. The average Bonchev–Trinajstić information content (AvgIpc) is 2.66. The molecule has 1 saturated heterocycles. The van der Waals surface area contributed by atoms with Crippen LogP contribution in [0.25, 0.3) is 0 Å². The molecule has 1 fully saturated rings. The zero-order valence-electron chi connectivity index (χ0n) is 14.0. The number of carbonyl (C=O) groups is 3. The molecule has 0 saturated carbocycles. The van der Waals surface area contributed by atoms with E-state index in [1.165, 1.54) is 12.1 Å². The van der Waals surface area contributed by atoms with Crippen molar-refractivity contribution in [3.05, 3.63) is 52.2 Å². The summed E-state index contributed by atoms with van der Waals surface area (Å²) in [6, 6.07) is 5.73. The first-order valence-corrected chi connectivity index (χ1v) is 10.2. The Morgan fingerprint density at radius 1 is 1.30 bits per heavy atom. The van der Waals surface area contributed by atoms with E-state index in [2.05, 4.69) is 21.2 Å². The molecule has 27 heavy (non-hydrogen) atoms. The van der Waals surface area contributed by atoms with Crippen LogP contribution < -0.4 is 5.32 Å². The van der Waals surface area contributed by atoms with Gasteiger partial charge in [-0.05, 0) is 12.0 Å². The third kappa shape index (κ3) is 4.38. The minimum absolute atomic E-state index is 0.0437. The molecule has 10 heteroatoms. The molecule has 0 aliphatic carbocycles. The fourth-order valence-electron chi connectivity index (χ4n) is 2.89. The number of non-ortho nitro benzene ring substituents is 1. The number of halogens is 1. The fraction of sp³-hybridized carbons (Fsp3) is 0.353. The van der Waals surface area contributed by atoms with Crippen LogP contribution in [0.15, 0.2) is 36.5 Å². The summed E-state index contributed by atoms with van der Waals surface area (Å²) in [5.41, 5.74) is 0.993. The van der Waals surface area contributed by atoms with Gasteiger partial charge in [-0.3, -0.25) is 24.5 Å². The second kappa shape index (κ2) is 8.22. The Morgan fingerprint density at radius 3 is 2.63 bits per heavy atom. The Hall–Kier alpha value is -2.20. The Bertz CT molecular complexity index is 813. The number of nitro groups is 1. The van der Waals surface area contributed by atoms with Crippen LogP contribution in [0.3, 0.4) is 0 Å². The fourth-order valence-corrected chi connectivity index (χ4v) is 4.54. The van der Waals surface area contributed by atoms with Crippen LogP contribution in [-0.2, 0) is 20.8 Å². The van der Waals surface area contributed by atoms with Gasteiger partial charge in [0.25, 0.3) is 11.6 Å². The number of nitrogens with zero attached hydrogens (tertiary/aromatic N) is 2. The number of alkyl halides is 1. The number of nitrogens with one attached hydrogen (secondary N) is 1. The summed E-state index contributed by atoms with van der Waals surface area (Å²) in [4.78, 5) is 47.2. The molecular formula is C17H16BrN3O5S. The summed E-state index contributed by atoms with van der Waals surface area (Å²) >= 11 is 4.54. The lowest BCUT2D eigenvalue weighted by atomic mass is 10.1. The van der Waals surface area contributed by atoms with Gasteiger partial charge in [0.05, 0.1) is 16.7 Å². The second-order valence-corrected chi connectivity index (χ2v) is 8.10. The Morgan fingerprint density at radius 2 is 2.00 bits per heavy atom. The first-order valence-electron chi connectivity index (χ1n) is 8.15. The summed E-state index contributed by atoms with van der Waals surface area (Å²) in [5, 5.41) is 13.3. The number of amides is 2. The Balaban J connectivity index is 1.59. The van der Waals surface area contributed by atoms with E-state index in [1.54, 1.807) is 35.0 Å². The van der Waals surface area contributed by atoms with Gasteiger partial charge in [0.2, 0.25) is 5.91 Å². The number of hydrogen-bond donors (Lipinski definition) is 1. The number of ketones is 1. The number of thioether (sulfide) groups is 1. The van der Waals surface area contributed by atoms with Crippen LogP contribution in [0.2, 0.25) is 0 Å². The molecule has 3 rings (SSSR count). The highest BCUT2D eigenvalue weighted by atomic mass is 79.9. The van der Waals surface area contributed by atoms with Crippen LogP contribution in [0.1, 0.15) is 12.0 Å². The molecule has 0 aromatic heterocycles. The molecule has 1 aromatic carbocycles. The van der Waals surface area contributed by atoms with Gasteiger partial charge in [-0.25, -0.2) is 0 Å². The highest BCUT2D eigenvalue weighted by Gasteiger charge is 2.49. The van der Waals surface area contributed by atoms with Crippen molar-refractivity contribution >= 4 is 51.0 Å². The van der Waals surface area contributed by atoms with Crippen molar-refractivity contribution in [1.29, 1.82) is 0 Å². The van der Waals surface area contributed by atoms with E-state index in [1.807, 2.05) is 6.08 Å². The van der Waals surface area contributed by atoms with Gasteiger partial charge in [0, 0.05) is 23.6 Å². The molecule has 142 valence electrons. The quantitative estimate of drug-likeness (QED) is 0.221. The number of fused-ring (bicyclic) bond motifs is 1. The lowest BCUT2D eigenvalue weighted by Crippen LogP contribution is -2.68. The maximum absolute atomic E-state index is 12.1. The van der Waals surface area contributed by atoms with Crippen molar-refractivity contribution in [2.75, 3.05) is 5.33 Å². The molecule has 2 aliphatic rings. The zero-order valence-corrected chi connectivity index (χ0v) is 16.4. The van der Waals surface area contributed by atoms with Gasteiger partial charge < -0.3 is 10.2 Å². The molecular weight excluding hydrogens is 438 g/mol. The van der Waals surface area contributed by atoms with Crippen molar-refractivity contribution in [3.63, 3.8) is 0 Å². The average molecular weight is 454 g/mol. The van der Waals surface area contributed by atoms with Gasteiger partial charge >= 0.3 is 0 Å². The Kier molecular flexibility index (Phi) is 5.95. The number of carbonyl (C=O) groups excluding carboxylic acids is 3. The first-order chi connectivity index (χ1) is 12.9. The predicted octanol–water partition coefficient (Wildman–Crippen LogP) is 1.77. The normalized spacial score (nSPS) is 23.4. The van der Waals surface area contributed by atoms with E-state index >= 15 is 0 Å². The number of β-lactam (4-membered cyclic amide) rings is 1. The highest BCUT2D eigenvalue weighted by Crippen LogP contribution is 2.38. The maximum atomic E-state index is 12.1. The molecule has 1 N–H and O–H groups in total. The molecule has 0 radical (unpaired) electrons. The van der Waals surface area contributed by atoms with Crippen LogP contribution in [0, 0.1) is 10.1 Å². The molecule has 0 bridgehead atoms.